The molecule has 0 bridgehead atoms. The standard InChI is InChI=1S/C11H13N3O3/c1-14-8-3-2-6(7(12)5-10(13)15)4-9(8)17-11(14)16/h2-4,7H,5,12H2,1H3,(H2,13,15). The van der Waals surface area contributed by atoms with Gasteiger partial charge in [-0.3, -0.25) is 9.36 Å². The fourth-order valence-electron chi connectivity index (χ4n) is 1.72. The Labute approximate surface area is 96.8 Å². The Morgan fingerprint density at radius 1 is 1.53 bits per heavy atom. The van der Waals surface area contributed by atoms with Crippen molar-refractivity contribution in [3.05, 3.63) is 34.3 Å². The van der Waals surface area contributed by atoms with Crippen LogP contribution >= 0.6 is 0 Å². The number of rotatable bonds is 3. The zero-order valence-corrected chi connectivity index (χ0v) is 9.34. The topological polar surface area (TPSA) is 104 Å². The number of oxazole rings is 1. The molecule has 2 aromatic rings. The quantitative estimate of drug-likeness (QED) is 0.781. The number of amides is 1. The Kier molecular flexibility index (Phi) is 2.72. The van der Waals surface area contributed by atoms with E-state index in [9.17, 15) is 9.59 Å². The average molecular weight is 235 g/mol. The van der Waals surface area contributed by atoms with E-state index in [1.165, 1.54) is 4.57 Å². The monoisotopic (exact) mass is 235 g/mol. The van der Waals surface area contributed by atoms with Crippen molar-refractivity contribution in [3.8, 4) is 0 Å². The molecular formula is C11H13N3O3. The first kappa shape index (κ1) is 11.4. The molecule has 1 atom stereocenters. The minimum absolute atomic E-state index is 0.0581. The summed E-state index contributed by atoms with van der Waals surface area (Å²) in [6.07, 6.45) is 0.0581. The summed E-state index contributed by atoms with van der Waals surface area (Å²) < 4.78 is 6.43. The Bertz CT molecular complexity index is 626. The molecular weight excluding hydrogens is 222 g/mol. The van der Waals surface area contributed by atoms with Crippen LogP contribution in [-0.2, 0) is 11.8 Å². The van der Waals surface area contributed by atoms with E-state index < -0.39 is 17.7 Å². The third-order valence-corrected chi connectivity index (χ3v) is 2.67. The van der Waals surface area contributed by atoms with Crippen LogP contribution in [0.25, 0.3) is 11.1 Å². The highest BCUT2D eigenvalue weighted by molar-refractivity contribution is 5.76. The molecule has 0 saturated heterocycles. The summed E-state index contributed by atoms with van der Waals surface area (Å²) in [7, 11) is 1.62. The molecule has 90 valence electrons. The molecule has 1 unspecified atom stereocenters. The van der Waals surface area contributed by atoms with E-state index in [4.69, 9.17) is 15.9 Å². The predicted molar refractivity (Wildman–Crippen MR) is 62.2 cm³/mol. The molecule has 0 saturated carbocycles. The number of nitrogens with two attached hydrogens (primary N) is 2. The van der Waals surface area contributed by atoms with Crippen LogP contribution < -0.4 is 17.2 Å². The number of fused-ring (bicyclic) bond motifs is 1. The van der Waals surface area contributed by atoms with Crippen molar-refractivity contribution in [2.24, 2.45) is 18.5 Å². The van der Waals surface area contributed by atoms with E-state index in [2.05, 4.69) is 0 Å². The second-order valence-corrected chi connectivity index (χ2v) is 3.93. The van der Waals surface area contributed by atoms with Gasteiger partial charge >= 0.3 is 5.76 Å². The third kappa shape index (κ3) is 2.07. The van der Waals surface area contributed by atoms with Gasteiger partial charge in [0.05, 0.1) is 5.52 Å². The Morgan fingerprint density at radius 2 is 2.24 bits per heavy atom. The van der Waals surface area contributed by atoms with Crippen LogP contribution in [-0.4, -0.2) is 10.5 Å². The van der Waals surface area contributed by atoms with Gasteiger partial charge in [-0.25, -0.2) is 4.79 Å². The van der Waals surface area contributed by atoms with Crippen LogP contribution in [0.4, 0.5) is 0 Å². The van der Waals surface area contributed by atoms with Crippen LogP contribution in [0.15, 0.2) is 27.4 Å². The zero-order chi connectivity index (χ0) is 12.6. The Hall–Kier alpha value is -2.08. The van der Waals surface area contributed by atoms with Crippen molar-refractivity contribution in [2.45, 2.75) is 12.5 Å². The summed E-state index contributed by atoms with van der Waals surface area (Å²) in [5.41, 5.74) is 12.7. The van der Waals surface area contributed by atoms with E-state index in [0.29, 0.717) is 16.7 Å². The minimum atomic E-state index is -0.484. The van der Waals surface area contributed by atoms with E-state index >= 15 is 0 Å². The van der Waals surface area contributed by atoms with Crippen LogP contribution in [0.5, 0.6) is 0 Å². The highest BCUT2D eigenvalue weighted by Crippen LogP contribution is 2.19. The molecule has 0 fully saturated rings. The van der Waals surface area contributed by atoms with Crippen LogP contribution in [0, 0.1) is 0 Å². The molecule has 1 aromatic carbocycles. The first-order valence-corrected chi connectivity index (χ1v) is 5.12. The number of nitrogens with zero attached hydrogens (tertiary/aromatic N) is 1. The second-order valence-electron chi connectivity index (χ2n) is 3.93. The van der Waals surface area contributed by atoms with Crippen molar-refractivity contribution in [1.29, 1.82) is 0 Å². The summed E-state index contributed by atoms with van der Waals surface area (Å²) in [5.74, 6) is -0.896. The van der Waals surface area contributed by atoms with Crippen molar-refractivity contribution >= 4 is 17.0 Å². The molecule has 6 heteroatoms. The highest BCUT2D eigenvalue weighted by atomic mass is 16.4. The van der Waals surface area contributed by atoms with Gasteiger partial charge < -0.3 is 15.9 Å². The minimum Gasteiger partial charge on any atom is -0.408 e. The van der Waals surface area contributed by atoms with Crippen LogP contribution in [0.1, 0.15) is 18.0 Å². The average Bonchev–Trinajstić information content (AvgIpc) is 2.53. The molecule has 1 heterocycles. The van der Waals surface area contributed by atoms with Crippen molar-refractivity contribution in [3.63, 3.8) is 0 Å². The fraction of sp³-hybridized carbons (Fsp3) is 0.273. The molecule has 4 N–H and O–H groups in total. The van der Waals surface area contributed by atoms with E-state index in [0.717, 1.165) is 0 Å². The lowest BCUT2D eigenvalue weighted by Crippen LogP contribution is -2.20. The molecule has 0 radical (unpaired) electrons. The molecule has 1 aromatic heterocycles. The summed E-state index contributed by atoms with van der Waals surface area (Å²) in [6.45, 7) is 0. The number of carbonyl (C=O) groups is 1. The van der Waals surface area contributed by atoms with Crippen molar-refractivity contribution in [1.82, 2.24) is 4.57 Å². The second kappa shape index (κ2) is 4.06. The molecule has 6 nitrogen and oxygen atoms in total. The normalized spacial score (nSPS) is 12.8. The summed E-state index contributed by atoms with van der Waals surface area (Å²) in [4.78, 5) is 22.1. The molecule has 17 heavy (non-hydrogen) atoms. The number of primary amides is 1. The van der Waals surface area contributed by atoms with Gasteiger partial charge in [0, 0.05) is 19.5 Å². The lowest BCUT2D eigenvalue weighted by atomic mass is 10.0. The largest absolute Gasteiger partial charge is 0.419 e. The maximum Gasteiger partial charge on any atom is 0.419 e. The van der Waals surface area contributed by atoms with Gasteiger partial charge in [-0.05, 0) is 17.7 Å². The Balaban J connectivity index is 2.44. The van der Waals surface area contributed by atoms with Gasteiger partial charge in [0.15, 0.2) is 5.58 Å². The molecule has 0 spiro atoms. The number of aromatic nitrogens is 1. The van der Waals surface area contributed by atoms with Gasteiger partial charge in [0.25, 0.3) is 0 Å². The third-order valence-electron chi connectivity index (χ3n) is 2.67. The number of hydrogen-bond donors (Lipinski definition) is 2. The SMILES string of the molecule is Cn1c(=O)oc2cc(C(N)CC(N)=O)ccc21. The lowest BCUT2D eigenvalue weighted by molar-refractivity contribution is -0.118. The lowest BCUT2D eigenvalue weighted by Gasteiger charge is -2.09. The first-order valence-electron chi connectivity index (χ1n) is 5.12. The molecule has 0 aliphatic heterocycles. The highest BCUT2D eigenvalue weighted by Gasteiger charge is 2.12. The van der Waals surface area contributed by atoms with Gasteiger partial charge in [0.2, 0.25) is 5.91 Å². The first-order chi connectivity index (χ1) is 7.99. The molecule has 0 aliphatic rings. The maximum atomic E-state index is 11.3. The van der Waals surface area contributed by atoms with Gasteiger partial charge in [-0.15, -0.1) is 0 Å². The van der Waals surface area contributed by atoms with Crippen molar-refractivity contribution in [2.75, 3.05) is 0 Å². The predicted octanol–water partition coefficient (Wildman–Crippen LogP) is 0.00670. The molecule has 1 amide bonds. The fourth-order valence-corrected chi connectivity index (χ4v) is 1.72. The van der Waals surface area contributed by atoms with Gasteiger partial charge in [-0.2, -0.15) is 0 Å². The van der Waals surface area contributed by atoms with Crippen molar-refractivity contribution < 1.29 is 9.21 Å². The molecule has 0 aliphatic carbocycles. The zero-order valence-electron chi connectivity index (χ0n) is 9.34. The van der Waals surface area contributed by atoms with Crippen LogP contribution in [0.3, 0.4) is 0 Å². The molecule has 2 rings (SSSR count). The maximum absolute atomic E-state index is 11.3. The number of carbonyl (C=O) groups excluding carboxylic acids is 1. The summed E-state index contributed by atoms with van der Waals surface area (Å²) in [6, 6.07) is 4.66. The summed E-state index contributed by atoms with van der Waals surface area (Å²) in [5, 5.41) is 0. The van der Waals surface area contributed by atoms with Gasteiger partial charge in [-0.1, -0.05) is 6.07 Å². The number of benzene rings is 1. The smallest absolute Gasteiger partial charge is 0.408 e. The Morgan fingerprint density at radius 3 is 2.88 bits per heavy atom. The van der Waals surface area contributed by atoms with E-state index in [1.807, 2.05) is 0 Å². The summed E-state index contributed by atoms with van der Waals surface area (Å²) >= 11 is 0. The van der Waals surface area contributed by atoms with E-state index in [-0.39, 0.29) is 6.42 Å². The number of hydrogen-bond acceptors (Lipinski definition) is 4. The van der Waals surface area contributed by atoms with E-state index in [1.54, 1.807) is 25.2 Å². The number of aryl methyl sites for hydroxylation is 1. The van der Waals surface area contributed by atoms with Gasteiger partial charge in [0.1, 0.15) is 0 Å². The van der Waals surface area contributed by atoms with Crippen LogP contribution in [0.2, 0.25) is 0 Å².